The summed E-state index contributed by atoms with van der Waals surface area (Å²) in [5.41, 5.74) is 1.16. The number of aliphatic hydroxyl groups is 4. The van der Waals surface area contributed by atoms with Crippen LogP contribution in [0.25, 0.3) is 11.2 Å². The third-order valence-electron chi connectivity index (χ3n) is 4.72. The number of rotatable bonds is 3. The van der Waals surface area contributed by atoms with Gasteiger partial charge in [0.1, 0.15) is 30.8 Å². The van der Waals surface area contributed by atoms with E-state index in [0.29, 0.717) is 29.9 Å². The molecule has 0 aromatic carbocycles. The Kier molecular flexibility index (Phi) is 3.85. The number of imidazole rings is 1. The van der Waals surface area contributed by atoms with Crippen molar-refractivity contribution in [3.63, 3.8) is 0 Å². The summed E-state index contributed by atoms with van der Waals surface area (Å²) < 4.78 is 9.05. The van der Waals surface area contributed by atoms with Crippen molar-refractivity contribution in [1.29, 1.82) is 0 Å². The second kappa shape index (κ2) is 5.90. The second-order valence-corrected chi connectivity index (χ2v) is 6.14. The van der Waals surface area contributed by atoms with Crippen molar-refractivity contribution < 1.29 is 29.7 Å². The highest BCUT2D eigenvalue weighted by Gasteiger charge is 2.38. The first-order valence-electron chi connectivity index (χ1n) is 7.88. The van der Waals surface area contributed by atoms with Gasteiger partial charge in [-0.15, -0.1) is 0 Å². The summed E-state index contributed by atoms with van der Waals surface area (Å²) in [6, 6.07) is -0.480. The fourth-order valence-electron chi connectivity index (χ4n) is 3.37. The Labute approximate surface area is 137 Å². The third-order valence-corrected chi connectivity index (χ3v) is 4.72. The van der Waals surface area contributed by atoms with Gasteiger partial charge in [0.15, 0.2) is 5.52 Å². The number of β-amino-alcohol motifs (C(OH)–C–C–N with tert-alkyl or cyclic N) is 1. The molecule has 1 saturated heterocycles. The molecular formula is C14H20N5O5+. The number of anilines is 1. The van der Waals surface area contributed by atoms with Crippen LogP contribution in [0.2, 0.25) is 0 Å². The van der Waals surface area contributed by atoms with Crippen LogP contribution in [-0.2, 0) is 4.74 Å². The van der Waals surface area contributed by atoms with E-state index in [4.69, 9.17) is 4.74 Å². The van der Waals surface area contributed by atoms with Gasteiger partial charge in [-0.1, -0.05) is 4.98 Å². The lowest BCUT2D eigenvalue weighted by Crippen LogP contribution is -2.56. The maximum atomic E-state index is 9.98. The predicted octanol–water partition coefficient (Wildman–Crippen LogP) is -2.32. The van der Waals surface area contributed by atoms with Crippen molar-refractivity contribution in [2.24, 2.45) is 0 Å². The molecule has 4 rings (SSSR count). The van der Waals surface area contributed by atoms with Crippen molar-refractivity contribution in [1.82, 2.24) is 14.5 Å². The van der Waals surface area contributed by atoms with Crippen molar-refractivity contribution >= 4 is 17.0 Å². The Bertz CT molecular complexity index is 752. The van der Waals surface area contributed by atoms with E-state index in [1.165, 1.54) is 0 Å². The van der Waals surface area contributed by atoms with Crippen LogP contribution in [0.15, 0.2) is 12.7 Å². The molecule has 2 aliphatic rings. The third kappa shape index (κ3) is 2.26. The van der Waals surface area contributed by atoms with Crippen LogP contribution in [0.5, 0.6) is 0 Å². The normalized spacial score (nSPS) is 32.8. The van der Waals surface area contributed by atoms with E-state index in [1.807, 2.05) is 0 Å². The molecule has 2 aliphatic heterocycles. The molecule has 2 aromatic heterocycles. The van der Waals surface area contributed by atoms with E-state index in [-0.39, 0.29) is 13.2 Å². The average molecular weight is 338 g/mol. The zero-order chi connectivity index (χ0) is 16.8. The Balaban J connectivity index is 1.74. The molecule has 10 heteroatoms. The summed E-state index contributed by atoms with van der Waals surface area (Å²) in [6.07, 6.45) is 0.932. The first kappa shape index (κ1) is 15.7. The highest BCUT2D eigenvalue weighted by molar-refractivity contribution is 5.81. The highest BCUT2D eigenvalue weighted by Crippen LogP contribution is 2.32. The number of fused-ring (bicyclic) bond motifs is 3. The summed E-state index contributed by atoms with van der Waals surface area (Å²) in [7, 11) is 0. The molecule has 0 aliphatic carbocycles. The van der Waals surface area contributed by atoms with Gasteiger partial charge in [0.25, 0.3) is 5.82 Å². The minimum atomic E-state index is -0.739. The van der Waals surface area contributed by atoms with Crippen LogP contribution in [-0.4, -0.2) is 73.0 Å². The van der Waals surface area contributed by atoms with Crippen LogP contribution in [0.4, 0.5) is 5.82 Å². The van der Waals surface area contributed by atoms with Crippen LogP contribution in [0.3, 0.4) is 0 Å². The van der Waals surface area contributed by atoms with Gasteiger partial charge in [0.05, 0.1) is 25.9 Å². The smallest absolute Gasteiger partial charge is 0.253 e. The van der Waals surface area contributed by atoms with Gasteiger partial charge in [0.2, 0.25) is 12.0 Å². The molecule has 0 radical (unpaired) electrons. The van der Waals surface area contributed by atoms with Gasteiger partial charge in [-0.3, -0.25) is 4.57 Å². The fourth-order valence-corrected chi connectivity index (χ4v) is 3.37. The number of hydrogen-bond donors (Lipinski definition) is 5. The molecule has 2 aromatic rings. The van der Waals surface area contributed by atoms with Crippen LogP contribution in [0, 0.1) is 0 Å². The molecule has 0 saturated carbocycles. The van der Waals surface area contributed by atoms with Gasteiger partial charge < -0.3 is 30.5 Å². The summed E-state index contributed by atoms with van der Waals surface area (Å²) in [5, 5.41) is 41.7. The highest BCUT2D eigenvalue weighted by atomic mass is 16.5. The molecular weight excluding hydrogens is 318 g/mol. The lowest BCUT2D eigenvalue weighted by atomic mass is 10.1. The van der Waals surface area contributed by atoms with Gasteiger partial charge in [-0.05, 0) is 0 Å². The molecule has 2 unspecified atom stereocenters. The Morgan fingerprint density at radius 2 is 2.08 bits per heavy atom. The predicted molar refractivity (Wildman–Crippen MR) is 80.0 cm³/mol. The molecule has 130 valence electrons. The lowest BCUT2D eigenvalue weighted by Gasteiger charge is -2.26. The van der Waals surface area contributed by atoms with Crippen molar-refractivity contribution in [2.45, 2.75) is 37.0 Å². The molecule has 4 heterocycles. The summed E-state index contributed by atoms with van der Waals surface area (Å²) >= 11 is 0. The Morgan fingerprint density at radius 3 is 2.79 bits per heavy atom. The van der Waals surface area contributed by atoms with Crippen molar-refractivity contribution in [2.75, 3.05) is 25.1 Å². The zero-order valence-corrected chi connectivity index (χ0v) is 12.9. The number of nitrogens with zero attached hydrogens (tertiary/aromatic N) is 4. The number of aliphatic hydroxyl groups excluding tert-OH is 4. The van der Waals surface area contributed by atoms with Crippen LogP contribution in [0.1, 0.15) is 18.7 Å². The Morgan fingerprint density at radius 1 is 1.25 bits per heavy atom. The number of ether oxygens (including phenoxy) is 1. The van der Waals surface area contributed by atoms with Gasteiger partial charge in [-0.25, -0.2) is 9.55 Å². The SMILES string of the molecule is OCC1C(O)CNc2c3ncn([C@H]4C[C@H](O)[C@@H](CO)O4)c3nc[n+]21. The van der Waals surface area contributed by atoms with E-state index in [2.05, 4.69) is 15.3 Å². The zero-order valence-electron chi connectivity index (χ0n) is 12.9. The fraction of sp³-hybridized carbons (Fsp3) is 0.643. The van der Waals surface area contributed by atoms with E-state index < -0.39 is 30.6 Å². The van der Waals surface area contributed by atoms with E-state index >= 15 is 0 Å². The van der Waals surface area contributed by atoms with Gasteiger partial charge in [0, 0.05) is 6.42 Å². The number of aromatic nitrogens is 4. The average Bonchev–Trinajstić information content (AvgIpc) is 3.17. The molecule has 0 bridgehead atoms. The summed E-state index contributed by atoms with van der Waals surface area (Å²) in [6.45, 7) is -0.145. The lowest BCUT2D eigenvalue weighted by molar-refractivity contribution is -0.724. The number of nitrogens with one attached hydrogen (secondary N) is 1. The van der Waals surface area contributed by atoms with Crippen LogP contribution < -0.4 is 9.88 Å². The molecule has 24 heavy (non-hydrogen) atoms. The maximum absolute atomic E-state index is 9.98. The molecule has 0 amide bonds. The first-order chi connectivity index (χ1) is 11.6. The first-order valence-corrected chi connectivity index (χ1v) is 7.88. The van der Waals surface area contributed by atoms with Crippen molar-refractivity contribution in [3.05, 3.63) is 12.7 Å². The minimum Gasteiger partial charge on any atom is -0.394 e. The molecule has 1 fully saturated rings. The quantitative estimate of drug-likeness (QED) is 0.393. The molecule has 0 spiro atoms. The van der Waals surface area contributed by atoms with E-state index in [1.54, 1.807) is 21.8 Å². The monoisotopic (exact) mass is 338 g/mol. The molecule has 10 nitrogen and oxygen atoms in total. The van der Waals surface area contributed by atoms with E-state index in [0.717, 1.165) is 0 Å². The standard InChI is InChI=1S/C14H19N5O5/c20-3-7-9(23)2-15-13-12-14(17-6-18(7)13)19(5-16-12)11-1-8(22)10(4-21)24-11/h5-11,20-23H,1-4H2/p+1/t7?,8-,9?,10+,11+/m0/s1. The van der Waals surface area contributed by atoms with Crippen molar-refractivity contribution in [3.8, 4) is 0 Å². The van der Waals surface area contributed by atoms with E-state index in [9.17, 15) is 20.4 Å². The second-order valence-electron chi connectivity index (χ2n) is 6.14. The largest absolute Gasteiger partial charge is 0.394 e. The topological polar surface area (TPSA) is 137 Å². The summed E-state index contributed by atoms with van der Waals surface area (Å²) in [5.74, 6) is 0.667. The maximum Gasteiger partial charge on any atom is 0.253 e. The minimum absolute atomic E-state index is 0.204. The number of hydrogen-bond acceptors (Lipinski definition) is 8. The summed E-state index contributed by atoms with van der Waals surface area (Å²) in [4.78, 5) is 8.76. The van der Waals surface area contributed by atoms with Gasteiger partial charge >= 0.3 is 0 Å². The van der Waals surface area contributed by atoms with Crippen LogP contribution >= 0.6 is 0 Å². The Hall–Kier alpha value is -1.85. The van der Waals surface area contributed by atoms with Gasteiger partial charge in [-0.2, -0.15) is 0 Å². The molecule has 5 atom stereocenters. The molecule has 5 N–H and O–H groups in total.